The number of methoxy groups -OCH3 is 1. The quantitative estimate of drug-likeness (QED) is 0.221. The number of benzene rings is 2. The molecule has 2 aromatic carbocycles. The largest absolute Gasteiger partial charge is 0.494 e. The van der Waals surface area contributed by atoms with E-state index in [9.17, 15) is 0 Å². The molecule has 2 rings (SSSR count). The van der Waals surface area contributed by atoms with Crippen LogP contribution >= 0.6 is 24.0 Å². The second kappa shape index (κ2) is 14.5. The van der Waals surface area contributed by atoms with Crippen LogP contribution in [0.2, 0.25) is 0 Å². The Morgan fingerprint density at radius 1 is 0.926 bits per heavy atom. The van der Waals surface area contributed by atoms with Gasteiger partial charge in [0.25, 0.3) is 0 Å². The summed E-state index contributed by atoms with van der Waals surface area (Å²) in [6, 6.07) is 14.5. The summed E-state index contributed by atoms with van der Waals surface area (Å²) in [7, 11) is 3.42. The van der Waals surface area contributed by atoms with Crippen LogP contribution in [-0.4, -0.2) is 59.6 Å². The molecule has 2 aromatic rings. The number of guanidine groups is 1. The number of ether oxygens (including phenoxy) is 3. The van der Waals surface area contributed by atoms with Crippen LogP contribution in [0.25, 0.3) is 10.8 Å². The lowest BCUT2D eigenvalue weighted by atomic mass is 10.1. The lowest BCUT2D eigenvalue weighted by Gasteiger charge is -2.12. The second-order valence-electron chi connectivity index (χ2n) is 5.74. The van der Waals surface area contributed by atoms with E-state index < -0.39 is 0 Å². The number of hydrogen-bond donors (Lipinski definition) is 2. The van der Waals surface area contributed by atoms with E-state index >= 15 is 0 Å². The van der Waals surface area contributed by atoms with Gasteiger partial charge in [-0.2, -0.15) is 0 Å². The molecule has 0 aliphatic rings. The van der Waals surface area contributed by atoms with Gasteiger partial charge >= 0.3 is 0 Å². The van der Waals surface area contributed by atoms with Crippen molar-refractivity contribution in [3.63, 3.8) is 0 Å². The molecule has 0 aliphatic heterocycles. The number of fused-ring (bicyclic) bond motifs is 1. The monoisotopic (exact) mass is 487 g/mol. The number of nitrogens with zero attached hydrogens (tertiary/aromatic N) is 1. The average molecular weight is 487 g/mol. The maximum Gasteiger partial charge on any atom is 0.191 e. The van der Waals surface area contributed by atoms with Gasteiger partial charge < -0.3 is 24.8 Å². The fourth-order valence-electron chi connectivity index (χ4n) is 2.43. The van der Waals surface area contributed by atoms with Crippen molar-refractivity contribution in [2.45, 2.75) is 6.42 Å². The molecule has 6 nitrogen and oxygen atoms in total. The number of aliphatic imine (C=N–C) groups is 1. The molecule has 27 heavy (non-hydrogen) atoms. The first-order valence-corrected chi connectivity index (χ1v) is 8.96. The molecule has 0 atom stereocenters. The van der Waals surface area contributed by atoms with Gasteiger partial charge in [-0.1, -0.05) is 30.3 Å². The van der Waals surface area contributed by atoms with Crippen molar-refractivity contribution in [1.29, 1.82) is 0 Å². The van der Waals surface area contributed by atoms with Gasteiger partial charge in [0.15, 0.2) is 5.96 Å². The van der Waals surface area contributed by atoms with Crippen LogP contribution in [0.3, 0.4) is 0 Å². The zero-order chi connectivity index (χ0) is 18.5. The standard InChI is InChI=1S/C20H29N3O3.HI/c1-21-20(23-11-13-25-15-14-24-2)22-10-5-12-26-19-9-8-17-6-3-4-7-18(17)16-19;/h3-4,6-9,16H,5,10-15H2,1-2H3,(H2,21,22,23);1H. The summed E-state index contributed by atoms with van der Waals surface area (Å²) in [6.45, 7) is 3.99. The predicted octanol–water partition coefficient (Wildman–Crippen LogP) is 3.05. The number of rotatable bonds is 11. The highest BCUT2D eigenvalue weighted by atomic mass is 127. The highest BCUT2D eigenvalue weighted by Gasteiger charge is 1.99. The first-order valence-electron chi connectivity index (χ1n) is 8.96. The van der Waals surface area contributed by atoms with Crippen molar-refractivity contribution >= 4 is 40.7 Å². The van der Waals surface area contributed by atoms with Crippen molar-refractivity contribution < 1.29 is 14.2 Å². The Kier molecular flexibility index (Phi) is 12.6. The highest BCUT2D eigenvalue weighted by molar-refractivity contribution is 14.0. The van der Waals surface area contributed by atoms with Gasteiger partial charge in [-0.3, -0.25) is 4.99 Å². The third-order valence-corrected chi connectivity index (χ3v) is 3.80. The molecule has 7 heteroatoms. The van der Waals surface area contributed by atoms with Gasteiger partial charge in [-0.15, -0.1) is 24.0 Å². The summed E-state index contributed by atoms with van der Waals surface area (Å²) in [5, 5.41) is 8.89. The molecule has 0 heterocycles. The van der Waals surface area contributed by atoms with Crippen molar-refractivity contribution in [3.05, 3.63) is 42.5 Å². The minimum absolute atomic E-state index is 0. The van der Waals surface area contributed by atoms with Crippen LogP contribution in [0.15, 0.2) is 47.5 Å². The van der Waals surface area contributed by atoms with E-state index in [-0.39, 0.29) is 24.0 Å². The molecular formula is C20H30IN3O3. The molecule has 0 amide bonds. The fourth-order valence-corrected chi connectivity index (χ4v) is 2.43. The van der Waals surface area contributed by atoms with Crippen LogP contribution in [0.4, 0.5) is 0 Å². The Balaban J connectivity index is 0.00000364. The number of nitrogens with one attached hydrogen (secondary N) is 2. The first-order chi connectivity index (χ1) is 12.8. The molecule has 0 bridgehead atoms. The van der Waals surface area contributed by atoms with E-state index in [2.05, 4.69) is 39.9 Å². The summed E-state index contributed by atoms with van der Waals surface area (Å²) in [6.07, 6.45) is 0.887. The van der Waals surface area contributed by atoms with E-state index in [0.29, 0.717) is 33.0 Å². The third kappa shape index (κ3) is 9.25. The Hall–Kier alpha value is -1.58. The smallest absolute Gasteiger partial charge is 0.191 e. The minimum Gasteiger partial charge on any atom is -0.494 e. The molecule has 0 radical (unpaired) electrons. The number of halogens is 1. The summed E-state index contributed by atoms with van der Waals surface area (Å²) in [5.74, 6) is 1.67. The lowest BCUT2D eigenvalue weighted by Crippen LogP contribution is -2.39. The van der Waals surface area contributed by atoms with Crippen LogP contribution in [0.5, 0.6) is 5.75 Å². The Morgan fingerprint density at radius 2 is 1.70 bits per heavy atom. The van der Waals surface area contributed by atoms with Gasteiger partial charge in [-0.25, -0.2) is 0 Å². The van der Waals surface area contributed by atoms with Crippen molar-refractivity contribution in [3.8, 4) is 5.75 Å². The summed E-state index contributed by atoms with van der Waals surface area (Å²) in [5.41, 5.74) is 0. The summed E-state index contributed by atoms with van der Waals surface area (Å²) in [4.78, 5) is 4.19. The molecular weight excluding hydrogens is 457 g/mol. The molecule has 150 valence electrons. The van der Waals surface area contributed by atoms with E-state index in [1.165, 1.54) is 10.8 Å². The van der Waals surface area contributed by atoms with E-state index in [1.54, 1.807) is 14.2 Å². The molecule has 0 unspecified atom stereocenters. The predicted molar refractivity (Wildman–Crippen MR) is 122 cm³/mol. The van der Waals surface area contributed by atoms with Gasteiger partial charge in [0, 0.05) is 27.2 Å². The molecule has 0 fully saturated rings. The molecule has 0 aromatic heterocycles. The van der Waals surface area contributed by atoms with Crippen LogP contribution in [0, 0.1) is 0 Å². The average Bonchev–Trinajstić information content (AvgIpc) is 2.68. The van der Waals surface area contributed by atoms with Crippen molar-refractivity contribution in [2.75, 3.05) is 53.7 Å². The van der Waals surface area contributed by atoms with Crippen molar-refractivity contribution in [2.24, 2.45) is 4.99 Å². The van der Waals surface area contributed by atoms with Gasteiger partial charge in [0.05, 0.1) is 26.4 Å². The first kappa shape index (κ1) is 23.5. The maximum absolute atomic E-state index is 5.83. The van der Waals surface area contributed by atoms with Gasteiger partial charge in [0.2, 0.25) is 0 Å². The zero-order valence-corrected chi connectivity index (χ0v) is 18.4. The Morgan fingerprint density at radius 3 is 2.48 bits per heavy atom. The number of hydrogen-bond acceptors (Lipinski definition) is 4. The second-order valence-corrected chi connectivity index (χ2v) is 5.74. The minimum atomic E-state index is 0. The van der Waals surface area contributed by atoms with Gasteiger partial charge in [-0.05, 0) is 29.3 Å². The van der Waals surface area contributed by atoms with E-state index in [1.807, 2.05) is 18.2 Å². The third-order valence-electron chi connectivity index (χ3n) is 3.80. The fraction of sp³-hybridized carbons (Fsp3) is 0.450. The topological polar surface area (TPSA) is 64.1 Å². The Bertz CT molecular complexity index is 682. The highest BCUT2D eigenvalue weighted by Crippen LogP contribution is 2.20. The summed E-state index contributed by atoms with van der Waals surface area (Å²) >= 11 is 0. The maximum atomic E-state index is 5.83. The van der Waals surface area contributed by atoms with Gasteiger partial charge in [0.1, 0.15) is 5.75 Å². The molecule has 2 N–H and O–H groups in total. The van der Waals surface area contributed by atoms with Crippen LogP contribution in [0.1, 0.15) is 6.42 Å². The summed E-state index contributed by atoms with van der Waals surface area (Å²) < 4.78 is 16.2. The normalized spacial score (nSPS) is 11.1. The van der Waals surface area contributed by atoms with Crippen molar-refractivity contribution in [1.82, 2.24) is 10.6 Å². The molecule has 0 spiro atoms. The van der Waals surface area contributed by atoms with E-state index in [4.69, 9.17) is 14.2 Å². The lowest BCUT2D eigenvalue weighted by molar-refractivity contribution is 0.0733. The van der Waals surface area contributed by atoms with Crippen LogP contribution < -0.4 is 15.4 Å². The Labute approximate surface area is 178 Å². The van der Waals surface area contributed by atoms with Crippen LogP contribution in [-0.2, 0) is 9.47 Å². The SMILES string of the molecule is CN=C(NCCCOc1ccc2ccccc2c1)NCCOCCOC.I. The molecule has 0 aliphatic carbocycles. The van der Waals surface area contributed by atoms with E-state index in [0.717, 1.165) is 24.7 Å². The zero-order valence-electron chi connectivity index (χ0n) is 16.1. The molecule has 0 saturated heterocycles. The molecule has 0 saturated carbocycles.